The summed E-state index contributed by atoms with van der Waals surface area (Å²) in [6.07, 6.45) is 3.56. The minimum atomic E-state index is -0.0817. The number of methoxy groups -OCH3 is 2. The fraction of sp³-hybridized carbons (Fsp3) is 0.682. The predicted molar refractivity (Wildman–Crippen MR) is 117 cm³/mol. The Morgan fingerprint density at radius 1 is 1.18 bits per heavy atom. The van der Waals surface area contributed by atoms with Crippen LogP contribution < -0.4 is 20.1 Å². The first-order chi connectivity index (χ1) is 13.4. The predicted octanol–water partition coefficient (Wildman–Crippen LogP) is 3.02. The van der Waals surface area contributed by atoms with Crippen LogP contribution in [0.25, 0.3) is 0 Å². The lowest BCUT2D eigenvalue weighted by atomic mass is 9.84. The highest BCUT2D eigenvalue weighted by atomic mass is 16.5. The summed E-state index contributed by atoms with van der Waals surface area (Å²) < 4.78 is 10.8. The molecule has 1 aromatic carbocycles. The number of ether oxygens (including phenoxy) is 2. The number of benzene rings is 1. The van der Waals surface area contributed by atoms with Crippen molar-refractivity contribution in [3.63, 3.8) is 0 Å². The SMILES string of the molecule is CCCN1CCC(NC(=NC)NCC(C)(C)c2ccc(OC)c(OC)c2)CC1. The van der Waals surface area contributed by atoms with Gasteiger partial charge in [0.2, 0.25) is 0 Å². The summed E-state index contributed by atoms with van der Waals surface area (Å²) in [6, 6.07) is 6.61. The third kappa shape index (κ3) is 6.03. The first-order valence-corrected chi connectivity index (χ1v) is 10.4. The van der Waals surface area contributed by atoms with E-state index in [0.717, 1.165) is 24.0 Å². The van der Waals surface area contributed by atoms with Gasteiger partial charge in [0.25, 0.3) is 0 Å². The molecule has 0 amide bonds. The molecule has 28 heavy (non-hydrogen) atoms. The van der Waals surface area contributed by atoms with Gasteiger partial charge in [-0.25, -0.2) is 0 Å². The molecular weight excluding hydrogens is 352 g/mol. The smallest absolute Gasteiger partial charge is 0.191 e. The van der Waals surface area contributed by atoms with Gasteiger partial charge in [-0.05, 0) is 43.5 Å². The first kappa shape index (κ1) is 22.3. The molecule has 1 aromatic rings. The van der Waals surface area contributed by atoms with Crippen molar-refractivity contribution < 1.29 is 9.47 Å². The minimum absolute atomic E-state index is 0.0817. The van der Waals surface area contributed by atoms with Gasteiger partial charge in [-0.1, -0.05) is 26.8 Å². The second-order valence-corrected chi connectivity index (χ2v) is 8.14. The fourth-order valence-corrected chi connectivity index (χ4v) is 3.67. The number of piperidine rings is 1. The molecule has 1 aliphatic rings. The van der Waals surface area contributed by atoms with E-state index in [9.17, 15) is 0 Å². The molecule has 158 valence electrons. The average molecular weight is 391 g/mol. The van der Waals surface area contributed by atoms with Crippen LogP contribution in [0.4, 0.5) is 0 Å². The summed E-state index contributed by atoms with van der Waals surface area (Å²) in [4.78, 5) is 6.98. The molecule has 0 spiro atoms. The molecule has 0 bridgehead atoms. The third-order valence-corrected chi connectivity index (χ3v) is 5.55. The maximum Gasteiger partial charge on any atom is 0.191 e. The quantitative estimate of drug-likeness (QED) is 0.528. The zero-order valence-electron chi connectivity index (χ0n) is 18.5. The summed E-state index contributed by atoms with van der Waals surface area (Å²) in [5.41, 5.74) is 1.11. The van der Waals surface area contributed by atoms with E-state index < -0.39 is 0 Å². The van der Waals surface area contributed by atoms with E-state index in [1.54, 1.807) is 14.2 Å². The number of guanidine groups is 1. The van der Waals surface area contributed by atoms with Crippen LogP contribution in [0.3, 0.4) is 0 Å². The number of hydrogen-bond donors (Lipinski definition) is 2. The van der Waals surface area contributed by atoms with Crippen molar-refractivity contribution in [1.82, 2.24) is 15.5 Å². The van der Waals surface area contributed by atoms with Gasteiger partial charge in [-0.2, -0.15) is 0 Å². The number of nitrogens with zero attached hydrogens (tertiary/aromatic N) is 2. The molecule has 6 nitrogen and oxygen atoms in total. The Hall–Kier alpha value is -1.95. The van der Waals surface area contributed by atoms with Crippen LogP contribution in [0, 0.1) is 0 Å². The number of aliphatic imine (C=N–C) groups is 1. The standard InChI is InChI=1S/C22H38N4O2/c1-7-12-26-13-10-18(11-14-26)25-21(23-4)24-16-22(2,3)17-8-9-19(27-5)20(15-17)28-6/h8-9,15,18H,7,10-14,16H2,1-6H3,(H2,23,24,25). The van der Waals surface area contributed by atoms with Crippen molar-refractivity contribution in [1.29, 1.82) is 0 Å². The first-order valence-electron chi connectivity index (χ1n) is 10.4. The molecular formula is C22H38N4O2. The van der Waals surface area contributed by atoms with E-state index in [1.807, 2.05) is 13.1 Å². The summed E-state index contributed by atoms with van der Waals surface area (Å²) >= 11 is 0. The topological polar surface area (TPSA) is 58.1 Å². The van der Waals surface area contributed by atoms with Crippen LogP contribution in [0.2, 0.25) is 0 Å². The largest absolute Gasteiger partial charge is 0.493 e. The van der Waals surface area contributed by atoms with Crippen molar-refractivity contribution in [2.45, 2.75) is 51.5 Å². The van der Waals surface area contributed by atoms with Crippen molar-refractivity contribution >= 4 is 5.96 Å². The van der Waals surface area contributed by atoms with Gasteiger partial charge in [-0.15, -0.1) is 0 Å². The lowest BCUT2D eigenvalue weighted by Gasteiger charge is -2.33. The zero-order chi connectivity index (χ0) is 20.6. The zero-order valence-corrected chi connectivity index (χ0v) is 18.5. The van der Waals surface area contributed by atoms with E-state index in [4.69, 9.17) is 9.47 Å². The van der Waals surface area contributed by atoms with Crippen molar-refractivity contribution in [2.75, 3.05) is 47.4 Å². The number of hydrogen-bond acceptors (Lipinski definition) is 4. The second kappa shape index (κ2) is 10.6. The molecule has 1 fully saturated rings. The minimum Gasteiger partial charge on any atom is -0.493 e. The molecule has 0 aromatic heterocycles. The van der Waals surface area contributed by atoms with Gasteiger partial charge >= 0.3 is 0 Å². The van der Waals surface area contributed by atoms with Gasteiger partial charge < -0.3 is 25.0 Å². The van der Waals surface area contributed by atoms with E-state index in [0.29, 0.717) is 6.04 Å². The fourth-order valence-electron chi connectivity index (χ4n) is 3.67. The van der Waals surface area contributed by atoms with Crippen molar-refractivity contribution in [3.8, 4) is 11.5 Å². The molecule has 0 radical (unpaired) electrons. The van der Waals surface area contributed by atoms with Crippen LogP contribution in [0.1, 0.15) is 45.6 Å². The van der Waals surface area contributed by atoms with E-state index >= 15 is 0 Å². The Morgan fingerprint density at radius 2 is 1.86 bits per heavy atom. The Morgan fingerprint density at radius 3 is 2.43 bits per heavy atom. The third-order valence-electron chi connectivity index (χ3n) is 5.55. The maximum atomic E-state index is 5.46. The van der Waals surface area contributed by atoms with Gasteiger partial charge in [0.1, 0.15) is 0 Å². The van der Waals surface area contributed by atoms with Crippen molar-refractivity contribution in [3.05, 3.63) is 23.8 Å². The molecule has 1 saturated heterocycles. The molecule has 1 aliphatic heterocycles. The Balaban J connectivity index is 1.91. The highest BCUT2D eigenvalue weighted by Crippen LogP contribution is 2.32. The summed E-state index contributed by atoms with van der Waals surface area (Å²) in [6.45, 7) is 11.0. The van der Waals surface area contributed by atoms with Gasteiger partial charge in [-0.3, -0.25) is 4.99 Å². The Bertz CT molecular complexity index is 637. The van der Waals surface area contributed by atoms with E-state index in [2.05, 4.69) is 53.4 Å². The van der Waals surface area contributed by atoms with Crippen LogP contribution in [-0.4, -0.2) is 64.3 Å². The van der Waals surface area contributed by atoms with Crippen LogP contribution in [0.15, 0.2) is 23.2 Å². The van der Waals surface area contributed by atoms with Crippen LogP contribution >= 0.6 is 0 Å². The monoisotopic (exact) mass is 390 g/mol. The highest BCUT2D eigenvalue weighted by molar-refractivity contribution is 5.80. The Labute approximate surface area is 170 Å². The molecule has 1 heterocycles. The molecule has 6 heteroatoms. The van der Waals surface area contributed by atoms with Gasteiger partial charge in [0, 0.05) is 38.1 Å². The average Bonchev–Trinajstić information content (AvgIpc) is 2.72. The van der Waals surface area contributed by atoms with Crippen LogP contribution in [0.5, 0.6) is 11.5 Å². The maximum absolute atomic E-state index is 5.46. The molecule has 0 atom stereocenters. The van der Waals surface area contributed by atoms with E-state index in [-0.39, 0.29) is 5.41 Å². The number of likely N-dealkylation sites (tertiary alicyclic amines) is 1. The van der Waals surface area contributed by atoms with Crippen LogP contribution in [-0.2, 0) is 5.41 Å². The lowest BCUT2D eigenvalue weighted by Crippen LogP contribution is -2.50. The molecule has 2 rings (SSSR count). The molecule has 0 aliphatic carbocycles. The summed E-state index contributed by atoms with van der Waals surface area (Å²) in [7, 11) is 5.17. The number of nitrogens with one attached hydrogen (secondary N) is 2. The van der Waals surface area contributed by atoms with Crippen molar-refractivity contribution in [2.24, 2.45) is 4.99 Å². The molecule has 0 unspecified atom stereocenters. The normalized spacial score (nSPS) is 16.7. The summed E-state index contributed by atoms with van der Waals surface area (Å²) in [5, 5.41) is 7.11. The number of rotatable bonds is 8. The van der Waals surface area contributed by atoms with E-state index in [1.165, 1.54) is 44.5 Å². The molecule has 0 saturated carbocycles. The molecule has 2 N–H and O–H groups in total. The van der Waals surface area contributed by atoms with Gasteiger partial charge in [0.15, 0.2) is 17.5 Å². The lowest BCUT2D eigenvalue weighted by molar-refractivity contribution is 0.206. The summed E-state index contributed by atoms with van der Waals surface area (Å²) in [5.74, 6) is 2.39. The Kier molecular flexibility index (Phi) is 8.42. The van der Waals surface area contributed by atoms with Gasteiger partial charge in [0.05, 0.1) is 14.2 Å². The second-order valence-electron chi connectivity index (χ2n) is 8.14. The highest BCUT2D eigenvalue weighted by Gasteiger charge is 2.24.